The van der Waals surface area contributed by atoms with E-state index in [1.165, 1.54) is 5.56 Å². The quantitative estimate of drug-likeness (QED) is 0.583. The number of aryl methyl sites for hydroxylation is 1. The molecular weight excluding hydrogens is 376 g/mol. The van der Waals surface area contributed by atoms with Gasteiger partial charge in [0.15, 0.2) is 5.16 Å². The number of benzene rings is 1. The van der Waals surface area contributed by atoms with Gasteiger partial charge in [0.1, 0.15) is 0 Å². The zero-order chi connectivity index (χ0) is 19.5. The molecule has 1 fully saturated rings. The first-order valence-electron chi connectivity index (χ1n) is 9.48. The minimum Gasteiger partial charge on any atom is -0.419 e. The number of anilines is 1. The van der Waals surface area contributed by atoms with Crippen LogP contribution in [-0.2, 0) is 11.3 Å². The van der Waals surface area contributed by atoms with Crippen molar-refractivity contribution in [3.05, 3.63) is 35.7 Å². The van der Waals surface area contributed by atoms with E-state index < -0.39 is 0 Å². The van der Waals surface area contributed by atoms with Gasteiger partial charge < -0.3 is 14.1 Å². The SMILES string of the molecule is CCn1c(S[C@H](C)c2nnc(-c3ccc(C)cc3)o2)nnc1N1CCOCC1. The van der Waals surface area contributed by atoms with E-state index in [0.29, 0.717) is 11.8 Å². The maximum atomic E-state index is 5.91. The molecule has 0 saturated carbocycles. The molecule has 0 unspecified atom stereocenters. The monoisotopic (exact) mass is 400 g/mol. The van der Waals surface area contributed by atoms with Crippen LogP contribution in [0.4, 0.5) is 5.95 Å². The van der Waals surface area contributed by atoms with Crippen LogP contribution in [0, 0.1) is 6.92 Å². The van der Waals surface area contributed by atoms with Gasteiger partial charge in [-0.1, -0.05) is 29.5 Å². The number of nitrogens with zero attached hydrogens (tertiary/aromatic N) is 6. The van der Waals surface area contributed by atoms with Crippen molar-refractivity contribution in [2.75, 3.05) is 31.2 Å². The van der Waals surface area contributed by atoms with Crippen molar-refractivity contribution in [2.24, 2.45) is 0 Å². The number of ether oxygens (including phenoxy) is 1. The van der Waals surface area contributed by atoms with Crippen LogP contribution in [0.3, 0.4) is 0 Å². The lowest BCUT2D eigenvalue weighted by atomic mass is 10.1. The van der Waals surface area contributed by atoms with Crippen molar-refractivity contribution in [2.45, 2.75) is 37.7 Å². The van der Waals surface area contributed by atoms with Crippen LogP contribution in [-0.4, -0.2) is 51.3 Å². The van der Waals surface area contributed by atoms with Crippen molar-refractivity contribution in [1.29, 1.82) is 0 Å². The summed E-state index contributed by atoms with van der Waals surface area (Å²) in [5, 5.41) is 18.1. The topological polar surface area (TPSA) is 82.1 Å². The van der Waals surface area contributed by atoms with Gasteiger partial charge in [-0.2, -0.15) is 0 Å². The van der Waals surface area contributed by atoms with Crippen LogP contribution in [0.15, 0.2) is 33.8 Å². The lowest BCUT2D eigenvalue weighted by molar-refractivity contribution is 0.121. The molecule has 1 aliphatic heterocycles. The minimum absolute atomic E-state index is 0.0289. The zero-order valence-electron chi connectivity index (χ0n) is 16.3. The molecule has 28 heavy (non-hydrogen) atoms. The molecule has 0 bridgehead atoms. The second kappa shape index (κ2) is 8.32. The van der Waals surface area contributed by atoms with E-state index in [1.807, 2.05) is 31.2 Å². The Labute approximate surface area is 168 Å². The van der Waals surface area contributed by atoms with Gasteiger partial charge in [-0.25, -0.2) is 0 Å². The molecule has 0 amide bonds. The number of morpholine rings is 1. The Bertz CT molecular complexity index is 917. The molecule has 4 rings (SSSR count). The predicted octanol–water partition coefficient (Wildman–Crippen LogP) is 3.35. The van der Waals surface area contributed by atoms with Gasteiger partial charge in [-0.3, -0.25) is 4.57 Å². The zero-order valence-corrected chi connectivity index (χ0v) is 17.1. The Morgan fingerprint density at radius 1 is 1.07 bits per heavy atom. The van der Waals surface area contributed by atoms with Gasteiger partial charge in [0.25, 0.3) is 0 Å². The Morgan fingerprint density at radius 2 is 1.82 bits per heavy atom. The summed E-state index contributed by atoms with van der Waals surface area (Å²) in [7, 11) is 0. The second-order valence-corrected chi connectivity index (χ2v) is 8.01. The number of thioether (sulfide) groups is 1. The van der Waals surface area contributed by atoms with Gasteiger partial charge in [0.2, 0.25) is 17.7 Å². The predicted molar refractivity (Wildman–Crippen MR) is 107 cm³/mol. The van der Waals surface area contributed by atoms with E-state index in [9.17, 15) is 0 Å². The van der Waals surface area contributed by atoms with E-state index in [-0.39, 0.29) is 5.25 Å². The van der Waals surface area contributed by atoms with Crippen molar-refractivity contribution in [1.82, 2.24) is 25.0 Å². The maximum Gasteiger partial charge on any atom is 0.247 e. The number of rotatable bonds is 6. The summed E-state index contributed by atoms with van der Waals surface area (Å²) in [6.07, 6.45) is 0. The van der Waals surface area contributed by atoms with Gasteiger partial charge in [-0.15, -0.1) is 20.4 Å². The van der Waals surface area contributed by atoms with Crippen LogP contribution < -0.4 is 4.90 Å². The first-order valence-corrected chi connectivity index (χ1v) is 10.4. The van der Waals surface area contributed by atoms with Gasteiger partial charge in [0.05, 0.1) is 18.5 Å². The van der Waals surface area contributed by atoms with E-state index >= 15 is 0 Å². The summed E-state index contributed by atoms with van der Waals surface area (Å²) in [5.41, 5.74) is 2.12. The minimum atomic E-state index is -0.0289. The molecule has 0 spiro atoms. The number of hydrogen-bond acceptors (Lipinski definition) is 8. The van der Waals surface area contributed by atoms with Crippen LogP contribution >= 0.6 is 11.8 Å². The fourth-order valence-corrected chi connectivity index (χ4v) is 4.00. The molecule has 148 valence electrons. The highest BCUT2D eigenvalue weighted by Crippen LogP contribution is 2.35. The molecule has 8 nitrogen and oxygen atoms in total. The Morgan fingerprint density at radius 3 is 2.54 bits per heavy atom. The van der Waals surface area contributed by atoms with Gasteiger partial charge in [0, 0.05) is 25.2 Å². The van der Waals surface area contributed by atoms with Crippen molar-refractivity contribution in [3.63, 3.8) is 0 Å². The van der Waals surface area contributed by atoms with E-state index in [0.717, 1.165) is 49.5 Å². The van der Waals surface area contributed by atoms with E-state index in [1.54, 1.807) is 11.8 Å². The smallest absolute Gasteiger partial charge is 0.247 e. The van der Waals surface area contributed by atoms with E-state index in [4.69, 9.17) is 9.15 Å². The molecule has 0 aliphatic carbocycles. The highest BCUT2D eigenvalue weighted by atomic mass is 32.2. The largest absolute Gasteiger partial charge is 0.419 e. The Kier molecular flexibility index (Phi) is 5.63. The summed E-state index contributed by atoms with van der Waals surface area (Å²) >= 11 is 1.58. The van der Waals surface area contributed by atoms with Crippen LogP contribution in [0.2, 0.25) is 0 Å². The molecule has 1 aliphatic rings. The highest BCUT2D eigenvalue weighted by Gasteiger charge is 2.23. The van der Waals surface area contributed by atoms with E-state index in [2.05, 4.69) is 43.7 Å². The normalized spacial score (nSPS) is 15.8. The van der Waals surface area contributed by atoms with Crippen LogP contribution in [0.1, 0.15) is 30.6 Å². The van der Waals surface area contributed by atoms with Crippen molar-refractivity contribution < 1.29 is 9.15 Å². The fourth-order valence-electron chi connectivity index (χ4n) is 3.06. The average Bonchev–Trinajstić information content (AvgIpc) is 3.36. The number of hydrogen-bond donors (Lipinski definition) is 0. The molecule has 3 heterocycles. The summed E-state index contributed by atoms with van der Waals surface area (Å²) < 4.78 is 13.5. The molecule has 9 heteroatoms. The third-order valence-corrected chi connectivity index (χ3v) is 5.74. The third-order valence-electron chi connectivity index (χ3n) is 4.68. The molecule has 1 saturated heterocycles. The number of aromatic nitrogens is 5. The lowest BCUT2D eigenvalue weighted by Gasteiger charge is -2.27. The highest BCUT2D eigenvalue weighted by molar-refractivity contribution is 7.99. The van der Waals surface area contributed by atoms with Gasteiger partial charge in [-0.05, 0) is 32.9 Å². The Hall–Kier alpha value is -2.39. The van der Waals surface area contributed by atoms with Crippen LogP contribution in [0.5, 0.6) is 0 Å². The maximum absolute atomic E-state index is 5.91. The molecule has 1 aromatic carbocycles. The molecule has 2 aromatic heterocycles. The van der Waals surface area contributed by atoms with Crippen molar-refractivity contribution >= 4 is 17.7 Å². The Balaban J connectivity index is 1.50. The van der Waals surface area contributed by atoms with Crippen LogP contribution in [0.25, 0.3) is 11.5 Å². The summed E-state index contributed by atoms with van der Waals surface area (Å²) in [4.78, 5) is 2.22. The molecular formula is C19H24N6O2S. The standard InChI is InChI=1S/C19H24N6O2S/c1-4-25-18(24-9-11-26-12-10-24)22-23-19(25)28-14(3)16-20-21-17(27-16)15-7-5-13(2)6-8-15/h5-8,14H,4,9-12H2,1-3H3/t14-/m1/s1. The first-order chi connectivity index (χ1) is 13.7. The third kappa shape index (κ3) is 3.90. The average molecular weight is 401 g/mol. The van der Waals surface area contributed by atoms with Crippen molar-refractivity contribution in [3.8, 4) is 11.5 Å². The molecule has 0 N–H and O–H groups in total. The summed E-state index contributed by atoms with van der Waals surface area (Å²) in [6.45, 7) is 10.1. The first kappa shape index (κ1) is 18.9. The molecule has 1 atom stereocenters. The van der Waals surface area contributed by atoms with Gasteiger partial charge >= 0.3 is 0 Å². The lowest BCUT2D eigenvalue weighted by Crippen LogP contribution is -2.38. The summed E-state index contributed by atoms with van der Waals surface area (Å²) in [6, 6.07) is 8.06. The molecule has 3 aromatic rings. The fraction of sp³-hybridized carbons (Fsp3) is 0.474. The molecule has 0 radical (unpaired) electrons. The summed E-state index contributed by atoms with van der Waals surface area (Å²) in [5.74, 6) is 2.01. The second-order valence-electron chi connectivity index (χ2n) is 6.70.